The van der Waals surface area contributed by atoms with Gasteiger partial charge in [0.25, 0.3) is 5.56 Å². The van der Waals surface area contributed by atoms with E-state index in [1.165, 1.54) is 19.2 Å². The van der Waals surface area contributed by atoms with Crippen LogP contribution in [0.4, 0.5) is 5.69 Å². The van der Waals surface area contributed by atoms with E-state index in [1.807, 2.05) is 0 Å². The second kappa shape index (κ2) is 8.26. The fourth-order valence-corrected chi connectivity index (χ4v) is 2.43. The van der Waals surface area contributed by atoms with Crippen LogP contribution >= 0.6 is 0 Å². The molecular formula is C13H13LiN4O6S. The van der Waals surface area contributed by atoms with Crippen molar-refractivity contribution in [1.29, 1.82) is 0 Å². The van der Waals surface area contributed by atoms with E-state index in [1.54, 1.807) is 18.2 Å². The van der Waals surface area contributed by atoms with Gasteiger partial charge in [0.1, 0.15) is 0 Å². The number of rotatable bonds is 5. The Labute approximate surface area is 154 Å². The van der Waals surface area contributed by atoms with Gasteiger partial charge in [0.2, 0.25) is 11.6 Å². The number of aromatic nitrogens is 2. The van der Waals surface area contributed by atoms with Crippen LogP contribution in [0.2, 0.25) is 0 Å². The van der Waals surface area contributed by atoms with Gasteiger partial charge in [-0.15, -0.1) is 5.11 Å². The summed E-state index contributed by atoms with van der Waals surface area (Å²) in [7, 11) is -3.38. The van der Waals surface area contributed by atoms with Crippen molar-refractivity contribution < 1.29 is 36.9 Å². The zero-order valence-corrected chi connectivity index (χ0v) is 14.3. The number of hydrogen-bond acceptors (Lipinski definition) is 8. The molecule has 0 aliphatic rings. The van der Waals surface area contributed by atoms with Gasteiger partial charge in [0, 0.05) is 13.6 Å². The largest absolute Gasteiger partial charge is 1.00 e. The Morgan fingerprint density at radius 2 is 1.80 bits per heavy atom. The Bertz CT molecular complexity index is 998. The molecule has 1 heterocycles. The Morgan fingerprint density at radius 1 is 1.20 bits per heavy atom. The van der Waals surface area contributed by atoms with E-state index in [-0.39, 0.29) is 24.5 Å². The van der Waals surface area contributed by atoms with Crippen molar-refractivity contribution in [3.8, 4) is 11.6 Å². The first-order valence-electron chi connectivity index (χ1n) is 6.64. The monoisotopic (exact) mass is 360 g/mol. The molecule has 12 heteroatoms. The molecule has 0 amide bonds. The molecule has 10 nitrogen and oxygen atoms in total. The van der Waals surface area contributed by atoms with Gasteiger partial charge in [-0.3, -0.25) is 9.36 Å². The summed E-state index contributed by atoms with van der Waals surface area (Å²) in [6.07, 6.45) is 0. The average molecular weight is 360 g/mol. The van der Waals surface area contributed by atoms with Crippen LogP contribution < -0.4 is 30.1 Å². The number of benzene rings is 1. The minimum Gasteiger partial charge on any atom is -0.748 e. The van der Waals surface area contributed by atoms with Crippen molar-refractivity contribution in [1.82, 2.24) is 9.13 Å². The SMILES string of the molecule is CN=Nc1c(O)n(CCS(=O)(=O)[O-])c(=O)n(-c2ccccc2)c1=O.[Li+]. The standard InChI is InChI=1S/C13H14N4O6S.Li/c1-14-15-10-11(18)16(7-8-24(21,22)23)13(20)17(12(10)19)9-5-3-2-4-6-9;/h2-6,18H,7-8H2,1H3,(H,21,22,23);/q;+1/p-1. The van der Waals surface area contributed by atoms with Crippen LogP contribution in [0.5, 0.6) is 5.88 Å². The molecule has 1 aromatic carbocycles. The maximum absolute atomic E-state index is 12.5. The molecule has 25 heavy (non-hydrogen) atoms. The zero-order chi connectivity index (χ0) is 17.9. The first-order valence-corrected chi connectivity index (χ1v) is 8.21. The fourth-order valence-electron chi connectivity index (χ4n) is 2.02. The van der Waals surface area contributed by atoms with E-state index in [0.717, 1.165) is 0 Å². The summed E-state index contributed by atoms with van der Waals surface area (Å²) in [6, 6.07) is 7.79. The molecule has 0 unspecified atom stereocenters. The van der Waals surface area contributed by atoms with Gasteiger partial charge in [0.05, 0.1) is 21.6 Å². The first-order chi connectivity index (χ1) is 11.3. The van der Waals surface area contributed by atoms with E-state index in [2.05, 4.69) is 10.2 Å². The van der Waals surface area contributed by atoms with Crippen molar-refractivity contribution in [2.45, 2.75) is 6.54 Å². The molecule has 0 aliphatic carbocycles. The van der Waals surface area contributed by atoms with E-state index < -0.39 is 45.2 Å². The van der Waals surface area contributed by atoms with Crippen LogP contribution in [0.15, 0.2) is 50.1 Å². The predicted molar refractivity (Wildman–Crippen MR) is 83.0 cm³/mol. The van der Waals surface area contributed by atoms with E-state index in [4.69, 9.17) is 0 Å². The van der Waals surface area contributed by atoms with Crippen LogP contribution in [-0.2, 0) is 16.7 Å². The topological polar surface area (TPSA) is 146 Å². The van der Waals surface area contributed by atoms with E-state index in [9.17, 15) is 27.7 Å². The van der Waals surface area contributed by atoms with Crippen LogP contribution in [0.25, 0.3) is 5.69 Å². The minimum absolute atomic E-state index is 0. The molecule has 0 saturated carbocycles. The average Bonchev–Trinajstić information content (AvgIpc) is 2.51. The number of azo groups is 1. The van der Waals surface area contributed by atoms with Crippen molar-refractivity contribution in [2.24, 2.45) is 10.2 Å². The molecule has 2 aromatic rings. The molecule has 1 aromatic heterocycles. The maximum atomic E-state index is 12.5. The quantitative estimate of drug-likeness (QED) is 0.341. The van der Waals surface area contributed by atoms with Gasteiger partial charge in [-0.05, 0) is 12.1 Å². The third-order valence-corrected chi connectivity index (χ3v) is 3.76. The Hall–Kier alpha value is -2.19. The summed E-state index contributed by atoms with van der Waals surface area (Å²) in [5.74, 6) is -1.79. The number of nitrogens with zero attached hydrogens (tertiary/aromatic N) is 4. The van der Waals surface area contributed by atoms with Crippen molar-refractivity contribution >= 4 is 15.8 Å². The molecule has 1 N–H and O–H groups in total. The van der Waals surface area contributed by atoms with E-state index >= 15 is 0 Å². The fraction of sp³-hybridized carbons (Fsp3) is 0.231. The van der Waals surface area contributed by atoms with Crippen LogP contribution in [0.1, 0.15) is 0 Å². The number of para-hydroxylation sites is 1. The summed E-state index contributed by atoms with van der Waals surface area (Å²) >= 11 is 0. The predicted octanol–water partition coefficient (Wildman–Crippen LogP) is -3.03. The van der Waals surface area contributed by atoms with Crippen LogP contribution in [-0.4, -0.2) is 40.0 Å². The molecule has 2 rings (SSSR count). The summed E-state index contributed by atoms with van der Waals surface area (Å²) in [4.78, 5) is 24.9. The maximum Gasteiger partial charge on any atom is 1.00 e. The van der Waals surface area contributed by atoms with Crippen LogP contribution in [0.3, 0.4) is 0 Å². The van der Waals surface area contributed by atoms with Crippen LogP contribution in [0, 0.1) is 0 Å². The van der Waals surface area contributed by atoms with E-state index in [0.29, 0.717) is 9.13 Å². The Balaban J connectivity index is 0.00000312. The molecule has 0 radical (unpaired) electrons. The third-order valence-electron chi connectivity index (χ3n) is 3.07. The molecule has 0 fully saturated rings. The minimum atomic E-state index is -4.63. The second-order valence-electron chi connectivity index (χ2n) is 4.64. The third kappa shape index (κ3) is 4.67. The van der Waals surface area contributed by atoms with Gasteiger partial charge >= 0.3 is 24.6 Å². The summed E-state index contributed by atoms with van der Waals surface area (Å²) in [6.45, 7) is -0.629. The smallest absolute Gasteiger partial charge is 0.748 e. The van der Waals surface area contributed by atoms with Gasteiger partial charge in [-0.2, -0.15) is 5.11 Å². The molecule has 0 atom stereocenters. The van der Waals surface area contributed by atoms with Gasteiger partial charge in [-0.25, -0.2) is 17.8 Å². The first kappa shape index (κ1) is 20.9. The van der Waals surface area contributed by atoms with Gasteiger partial charge in [0.15, 0.2) is 0 Å². The molecule has 0 bridgehead atoms. The molecule has 0 spiro atoms. The van der Waals surface area contributed by atoms with Crippen molar-refractivity contribution in [2.75, 3.05) is 12.8 Å². The molecule has 0 aliphatic heterocycles. The van der Waals surface area contributed by atoms with Gasteiger partial charge < -0.3 is 9.66 Å². The molecule has 128 valence electrons. The second-order valence-corrected chi connectivity index (χ2v) is 6.17. The molecule has 0 saturated heterocycles. The van der Waals surface area contributed by atoms with Crippen molar-refractivity contribution in [3.63, 3.8) is 0 Å². The summed E-state index contributed by atoms with van der Waals surface area (Å²) in [5.41, 5.74) is -2.26. The normalized spacial score (nSPS) is 11.4. The zero-order valence-electron chi connectivity index (χ0n) is 13.5. The van der Waals surface area contributed by atoms with Gasteiger partial charge in [-0.1, -0.05) is 18.2 Å². The Kier molecular flexibility index (Phi) is 6.89. The molecular weight excluding hydrogens is 347 g/mol. The summed E-state index contributed by atoms with van der Waals surface area (Å²) in [5, 5.41) is 16.9. The number of hydrogen-bond donors (Lipinski definition) is 1. The summed E-state index contributed by atoms with van der Waals surface area (Å²) < 4.78 is 33.7. The van der Waals surface area contributed by atoms with Crippen molar-refractivity contribution in [3.05, 3.63) is 51.2 Å². The Morgan fingerprint density at radius 3 is 2.32 bits per heavy atom. The number of aromatic hydroxyl groups is 1.